The molecule has 1 aromatic carbocycles. The monoisotopic (exact) mass is 414 g/mol. The van der Waals surface area contributed by atoms with Gasteiger partial charge in [0.25, 0.3) is 5.91 Å². The third-order valence-corrected chi connectivity index (χ3v) is 7.00. The van der Waals surface area contributed by atoms with Crippen molar-refractivity contribution in [3.05, 3.63) is 40.8 Å². The number of carbonyl (C=O) groups is 1. The van der Waals surface area contributed by atoms with Crippen molar-refractivity contribution in [3.8, 4) is 0 Å². The van der Waals surface area contributed by atoms with Crippen LogP contribution in [0, 0.1) is 17.7 Å². The van der Waals surface area contributed by atoms with Gasteiger partial charge in [-0.1, -0.05) is 6.92 Å². The first-order valence-corrected chi connectivity index (χ1v) is 10.6. The van der Waals surface area contributed by atoms with Gasteiger partial charge in [0.1, 0.15) is 17.2 Å². The van der Waals surface area contributed by atoms with Crippen LogP contribution in [-0.4, -0.2) is 34.7 Å². The van der Waals surface area contributed by atoms with Crippen LogP contribution in [0.15, 0.2) is 18.2 Å². The third kappa shape index (κ3) is 2.93. The van der Waals surface area contributed by atoms with Gasteiger partial charge in [0.2, 0.25) is 0 Å². The summed E-state index contributed by atoms with van der Waals surface area (Å²) in [5, 5.41) is 7.48. The largest absolute Gasteiger partial charge is 0.383 e. The van der Waals surface area contributed by atoms with Crippen LogP contribution in [0.1, 0.15) is 53.7 Å². The van der Waals surface area contributed by atoms with Gasteiger partial charge in [-0.2, -0.15) is 5.10 Å². The van der Waals surface area contributed by atoms with E-state index in [4.69, 9.17) is 15.2 Å². The fourth-order valence-corrected chi connectivity index (χ4v) is 5.47. The molecule has 5 rings (SSSR count). The molecule has 0 bridgehead atoms. The number of nitrogens with one attached hydrogen (secondary N) is 1. The number of aromatic nitrogens is 2. The van der Waals surface area contributed by atoms with Crippen molar-refractivity contribution >= 4 is 17.4 Å². The van der Waals surface area contributed by atoms with E-state index in [-0.39, 0.29) is 17.6 Å². The van der Waals surface area contributed by atoms with Crippen LogP contribution in [0.2, 0.25) is 0 Å². The Labute approximate surface area is 174 Å². The first kappa shape index (κ1) is 19.5. The number of nitrogens with zero attached hydrogens (tertiary/aromatic N) is 2. The summed E-state index contributed by atoms with van der Waals surface area (Å²) in [7, 11) is 1.75. The van der Waals surface area contributed by atoms with E-state index >= 15 is 0 Å². The van der Waals surface area contributed by atoms with Gasteiger partial charge < -0.3 is 20.5 Å². The van der Waals surface area contributed by atoms with Crippen LogP contribution in [0.5, 0.6) is 0 Å². The van der Waals surface area contributed by atoms with Crippen molar-refractivity contribution in [1.82, 2.24) is 9.78 Å². The van der Waals surface area contributed by atoms with E-state index in [1.807, 2.05) is 6.92 Å². The summed E-state index contributed by atoms with van der Waals surface area (Å²) in [4.78, 5) is 13.2. The molecule has 7 nitrogen and oxygen atoms in total. The lowest BCUT2D eigenvalue weighted by Gasteiger charge is -2.47. The molecule has 1 spiro atoms. The lowest BCUT2D eigenvalue weighted by molar-refractivity contribution is -0.267. The second-order valence-corrected chi connectivity index (χ2v) is 8.63. The van der Waals surface area contributed by atoms with Gasteiger partial charge in [0.15, 0.2) is 5.79 Å². The highest BCUT2D eigenvalue weighted by molar-refractivity contribution is 6.08. The number of nitrogen functional groups attached to an aromatic ring is 1. The fraction of sp³-hybridized carbons (Fsp3) is 0.545. The SMILES string of the molecule is CCc1cc(NC(=O)c2c(C3CC4CC5(OCCO5)C4C3)nn(C)c2N)ccc1F. The minimum atomic E-state index is -0.424. The lowest BCUT2D eigenvalue weighted by Crippen LogP contribution is -2.52. The second-order valence-electron chi connectivity index (χ2n) is 8.63. The molecule has 30 heavy (non-hydrogen) atoms. The molecule has 1 aliphatic heterocycles. The van der Waals surface area contributed by atoms with Crippen molar-refractivity contribution < 1.29 is 18.7 Å². The standard InChI is InChI=1S/C22H27FN4O3/c1-3-12-9-15(4-5-17(12)23)25-21(28)18-19(26-27(2)20(18)24)13-8-14-11-22(16(14)10-13)29-6-7-30-22/h4-5,9,13-14,16H,3,6-8,10-11,24H2,1-2H3,(H,25,28). The summed E-state index contributed by atoms with van der Waals surface area (Å²) < 4.78 is 27.2. The number of nitrogens with two attached hydrogens (primary N) is 1. The minimum absolute atomic E-state index is 0.135. The molecule has 1 saturated heterocycles. The van der Waals surface area contributed by atoms with Crippen molar-refractivity contribution in [2.45, 2.75) is 44.3 Å². The summed E-state index contributed by atoms with van der Waals surface area (Å²) in [5.74, 6) is 0.325. The van der Waals surface area contributed by atoms with Crippen molar-refractivity contribution in [3.63, 3.8) is 0 Å². The Hall–Kier alpha value is -2.45. The van der Waals surface area contributed by atoms with Gasteiger partial charge in [0.05, 0.1) is 18.9 Å². The molecule has 3 aliphatic rings. The molecule has 2 aliphatic carbocycles. The number of aryl methyl sites for hydroxylation is 2. The Morgan fingerprint density at radius 3 is 2.87 bits per heavy atom. The molecule has 8 heteroatoms. The minimum Gasteiger partial charge on any atom is -0.383 e. The molecular weight excluding hydrogens is 387 g/mol. The van der Waals surface area contributed by atoms with Gasteiger partial charge in [-0.15, -0.1) is 0 Å². The molecule has 3 atom stereocenters. The van der Waals surface area contributed by atoms with E-state index in [1.54, 1.807) is 23.9 Å². The van der Waals surface area contributed by atoms with E-state index in [9.17, 15) is 9.18 Å². The maximum Gasteiger partial charge on any atom is 0.261 e. The Kier molecular flexibility index (Phi) is 4.59. The van der Waals surface area contributed by atoms with E-state index in [0.29, 0.717) is 54.1 Å². The summed E-state index contributed by atoms with van der Waals surface area (Å²) in [6.45, 7) is 3.17. The predicted octanol–water partition coefficient (Wildman–Crippen LogP) is 3.21. The zero-order chi connectivity index (χ0) is 21.0. The molecule has 3 N–H and O–H groups in total. The normalized spacial score (nSPS) is 26.6. The molecule has 3 unspecified atom stereocenters. The van der Waals surface area contributed by atoms with Crippen LogP contribution in [0.4, 0.5) is 15.9 Å². The topological polar surface area (TPSA) is 91.4 Å². The molecule has 1 aromatic heterocycles. The van der Waals surface area contributed by atoms with Gasteiger partial charge >= 0.3 is 0 Å². The number of amides is 1. The van der Waals surface area contributed by atoms with E-state index in [0.717, 1.165) is 25.0 Å². The summed E-state index contributed by atoms with van der Waals surface area (Å²) in [5.41, 5.74) is 8.48. The van der Waals surface area contributed by atoms with Crippen molar-refractivity contribution in [2.24, 2.45) is 18.9 Å². The smallest absolute Gasteiger partial charge is 0.261 e. The highest BCUT2D eigenvalue weighted by atomic mass is 19.1. The molecule has 3 fully saturated rings. The van der Waals surface area contributed by atoms with Gasteiger partial charge in [0, 0.05) is 31.0 Å². The molecule has 2 heterocycles. The summed E-state index contributed by atoms with van der Waals surface area (Å²) in [6.07, 6.45) is 3.28. The molecular formula is C22H27FN4O3. The highest BCUT2D eigenvalue weighted by Crippen LogP contribution is 2.61. The molecule has 2 aromatic rings. The fourth-order valence-electron chi connectivity index (χ4n) is 5.47. The maximum atomic E-state index is 13.8. The average Bonchev–Trinajstić information content (AvgIpc) is 3.41. The van der Waals surface area contributed by atoms with E-state index in [1.165, 1.54) is 6.07 Å². The second kappa shape index (κ2) is 7.06. The Balaban J connectivity index is 1.39. The summed E-state index contributed by atoms with van der Waals surface area (Å²) in [6, 6.07) is 4.60. The number of carbonyl (C=O) groups excluding carboxylic acids is 1. The number of anilines is 2. The van der Waals surface area contributed by atoms with Gasteiger partial charge in [-0.05, 0) is 48.9 Å². The number of rotatable bonds is 4. The Morgan fingerprint density at radius 2 is 2.13 bits per heavy atom. The number of benzene rings is 1. The van der Waals surface area contributed by atoms with Crippen LogP contribution in [0.3, 0.4) is 0 Å². The number of ether oxygens (including phenoxy) is 2. The quantitative estimate of drug-likeness (QED) is 0.802. The highest BCUT2D eigenvalue weighted by Gasteiger charge is 2.62. The van der Waals surface area contributed by atoms with Crippen molar-refractivity contribution in [2.75, 3.05) is 24.3 Å². The van der Waals surface area contributed by atoms with Crippen LogP contribution >= 0.6 is 0 Å². The first-order valence-electron chi connectivity index (χ1n) is 10.6. The number of fused-ring (bicyclic) bond motifs is 2. The zero-order valence-electron chi connectivity index (χ0n) is 17.3. The lowest BCUT2D eigenvalue weighted by atomic mass is 9.70. The Bertz CT molecular complexity index is 999. The average molecular weight is 414 g/mol. The molecule has 0 radical (unpaired) electrons. The molecule has 2 saturated carbocycles. The first-order chi connectivity index (χ1) is 14.4. The number of halogens is 1. The van der Waals surface area contributed by atoms with Gasteiger partial charge in [-0.3, -0.25) is 9.48 Å². The maximum absolute atomic E-state index is 13.8. The van der Waals surface area contributed by atoms with E-state index < -0.39 is 5.79 Å². The third-order valence-electron chi connectivity index (χ3n) is 7.00. The predicted molar refractivity (Wildman–Crippen MR) is 110 cm³/mol. The van der Waals surface area contributed by atoms with E-state index in [2.05, 4.69) is 10.4 Å². The molecule has 160 valence electrons. The zero-order valence-corrected chi connectivity index (χ0v) is 17.3. The van der Waals surface area contributed by atoms with Crippen LogP contribution in [-0.2, 0) is 22.9 Å². The van der Waals surface area contributed by atoms with Crippen LogP contribution < -0.4 is 11.1 Å². The summed E-state index contributed by atoms with van der Waals surface area (Å²) >= 11 is 0. The van der Waals surface area contributed by atoms with Gasteiger partial charge in [-0.25, -0.2) is 4.39 Å². The number of hydrogen-bond acceptors (Lipinski definition) is 5. The van der Waals surface area contributed by atoms with Crippen molar-refractivity contribution in [1.29, 1.82) is 0 Å². The Morgan fingerprint density at radius 1 is 1.37 bits per heavy atom. The number of hydrogen-bond donors (Lipinski definition) is 2. The van der Waals surface area contributed by atoms with Crippen LogP contribution in [0.25, 0.3) is 0 Å². The molecule has 1 amide bonds.